The molecule has 2 aromatic rings. The van der Waals surface area contributed by atoms with E-state index in [9.17, 15) is 9.59 Å². The number of carbonyl (C=O) groups excluding carboxylic acids is 2. The summed E-state index contributed by atoms with van der Waals surface area (Å²) in [7, 11) is 0. The number of anilines is 1. The molecule has 0 aliphatic carbocycles. The molecule has 9 nitrogen and oxygen atoms in total. The van der Waals surface area contributed by atoms with Gasteiger partial charge in [-0.2, -0.15) is 10.2 Å². The highest BCUT2D eigenvalue weighted by Gasteiger charge is 2.31. The minimum Gasteiger partial charge on any atom is -0.494 e. The molecule has 1 amide bonds. The van der Waals surface area contributed by atoms with Gasteiger partial charge in [0.25, 0.3) is 5.91 Å². The van der Waals surface area contributed by atoms with Crippen molar-refractivity contribution < 1.29 is 28.5 Å². The van der Waals surface area contributed by atoms with E-state index in [-0.39, 0.29) is 17.1 Å². The van der Waals surface area contributed by atoms with Crippen LogP contribution in [-0.4, -0.2) is 44.2 Å². The molecular formula is C24H29Cl2N3O6. The molecule has 0 N–H and O–H groups in total. The Labute approximate surface area is 215 Å². The molecule has 0 bridgehead atoms. The van der Waals surface area contributed by atoms with Gasteiger partial charge in [-0.05, 0) is 58.9 Å². The molecule has 0 heterocycles. The van der Waals surface area contributed by atoms with Crippen LogP contribution >= 0.6 is 23.4 Å². The van der Waals surface area contributed by atoms with Gasteiger partial charge in [0.05, 0.1) is 31.5 Å². The molecule has 190 valence electrons. The number of hydrogen-bond donors (Lipinski definition) is 0. The quantitative estimate of drug-likeness (QED) is 0.176. The maximum Gasteiger partial charge on any atom is 0.276 e. The first kappa shape index (κ1) is 28.2. The second kappa shape index (κ2) is 13.7. The molecule has 0 radical (unpaired) electrons. The summed E-state index contributed by atoms with van der Waals surface area (Å²) in [6, 6.07) is 6.44. The van der Waals surface area contributed by atoms with Gasteiger partial charge in [-0.3, -0.25) is 9.59 Å². The maximum absolute atomic E-state index is 13.2. The van der Waals surface area contributed by atoms with E-state index in [2.05, 4.69) is 10.2 Å². The van der Waals surface area contributed by atoms with E-state index in [1.807, 2.05) is 6.92 Å². The Hall–Kier alpha value is -3.04. The maximum atomic E-state index is 13.2. The summed E-state index contributed by atoms with van der Waals surface area (Å²) in [5.41, 5.74) is 0.486. The van der Waals surface area contributed by atoms with Crippen molar-refractivity contribution in [3.8, 4) is 23.0 Å². The molecule has 0 aliphatic rings. The van der Waals surface area contributed by atoms with Gasteiger partial charge >= 0.3 is 0 Å². The Morgan fingerprint density at radius 2 is 1.54 bits per heavy atom. The number of carbonyl (C=O) groups is 2. The van der Waals surface area contributed by atoms with Crippen molar-refractivity contribution in [2.75, 3.05) is 30.8 Å². The molecule has 0 spiro atoms. The predicted octanol–water partition coefficient (Wildman–Crippen LogP) is 6.16. The van der Waals surface area contributed by atoms with Crippen LogP contribution in [0.1, 0.15) is 34.6 Å². The fraction of sp³-hybridized carbons (Fsp3) is 0.417. The van der Waals surface area contributed by atoms with E-state index < -0.39 is 17.7 Å². The molecule has 11 heteroatoms. The number of halogens is 2. The third-order valence-electron chi connectivity index (χ3n) is 4.47. The van der Waals surface area contributed by atoms with Gasteiger partial charge in [0.2, 0.25) is 6.04 Å². The average Bonchev–Trinajstić information content (AvgIpc) is 2.82. The number of nitrogens with zero attached hydrogens (tertiary/aromatic N) is 3. The minimum absolute atomic E-state index is 0.239. The third-order valence-corrected chi connectivity index (χ3v) is 5.11. The Morgan fingerprint density at radius 1 is 0.914 bits per heavy atom. The fourth-order valence-corrected chi connectivity index (χ4v) is 3.44. The molecule has 0 aliphatic heterocycles. The summed E-state index contributed by atoms with van der Waals surface area (Å²) in [6.07, 6.45) is 0. The fourth-order valence-electron chi connectivity index (χ4n) is 3.00. The van der Waals surface area contributed by atoms with Crippen LogP contribution in [0.4, 0.5) is 11.4 Å². The van der Waals surface area contributed by atoms with Crippen LogP contribution in [0.2, 0.25) is 5.02 Å². The van der Waals surface area contributed by atoms with Crippen molar-refractivity contribution in [2.24, 2.45) is 10.2 Å². The van der Waals surface area contributed by atoms with Crippen molar-refractivity contribution in [3.05, 3.63) is 35.4 Å². The number of azo groups is 1. The summed E-state index contributed by atoms with van der Waals surface area (Å²) in [6.45, 7) is 9.91. The van der Waals surface area contributed by atoms with E-state index in [1.165, 1.54) is 6.92 Å². The lowest BCUT2D eigenvalue weighted by Gasteiger charge is -2.20. The summed E-state index contributed by atoms with van der Waals surface area (Å²) < 4.78 is 23.1. The lowest BCUT2D eigenvalue weighted by atomic mass is 10.2. The topological polar surface area (TPSA) is 99.0 Å². The van der Waals surface area contributed by atoms with Crippen LogP contribution in [0.15, 0.2) is 40.6 Å². The van der Waals surface area contributed by atoms with E-state index in [0.717, 1.165) is 4.42 Å². The van der Waals surface area contributed by atoms with Crippen molar-refractivity contribution in [1.29, 1.82) is 0 Å². The third kappa shape index (κ3) is 7.22. The van der Waals surface area contributed by atoms with E-state index >= 15 is 0 Å². The molecule has 0 saturated carbocycles. The Balaban J connectivity index is 2.41. The summed E-state index contributed by atoms with van der Waals surface area (Å²) in [5, 5.41) is 8.43. The number of amides is 1. The van der Waals surface area contributed by atoms with Gasteiger partial charge in [-0.15, -0.1) is 0 Å². The Kier molecular flexibility index (Phi) is 11.1. The Morgan fingerprint density at radius 3 is 2.14 bits per heavy atom. The first-order valence-corrected chi connectivity index (χ1v) is 11.9. The molecular weight excluding hydrogens is 497 g/mol. The molecule has 0 aromatic heterocycles. The van der Waals surface area contributed by atoms with Crippen LogP contribution in [-0.2, 0) is 9.59 Å². The van der Waals surface area contributed by atoms with E-state index in [4.69, 9.17) is 42.3 Å². The summed E-state index contributed by atoms with van der Waals surface area (Å²) in [5.74, 6) is 0.0754. The highest BCUT2D eigenvalue weighted by atomic mass is 35.5. The SMILES string of the molecule is CCOc1ccc(N(Cl)C(=O)C(N=Nc2ccc(Cl)c(OCC)c2OCC)C(C)=O)c(OCC)c1. The zero-order valence-corrected chi connectivity index (χ0v) is 21.9. The lowest BCUT2D eigenvalue weighted by molar-refractivity contribution is -0.126. The molecule has 0 fully saturated rings. The predicted molar refractivity (Wildman–Crippen MR) is 135 cm³/mol. The van der Waals surface area contributed by atoms with Gasteiger partial charge in [-0.1, -0.05) is 11.6 Å². The largest absolute Gasteiger partial charge is 0.494 e. The molecule has 2 aromatic carbocycles. The van der Waals surface area contributed by atoms with Gasteiger partial charge in [0.1, 0.15) is 22.9 Å². The molecule has 1 atom stereocenters. The van der Waals surface area contributed by atoms with E-state index in [0.29, 0.717) is 48.7 Å². The standard InChI is InChI=1S/C24H29Cl2N3O6/c1-6-32-16-10-13-19(20(14-16)33-7-2)29(26)24(31)21(15(5)30)28-27-18-12-11-17(25)22(34-8-3)23(18)35-9-4/h10-14,21H,6-9H2,1-5H3. The van der Waals surface area contributed by atoms with Gasteiger partial charge in [-0.25, -0.2) is 4.42 Å². The lowest BCUT2D eigenvalue weighted by Crippen LogP contribution is -2.36. The number of ketones is 1. The normalized spacial score (nSPS) is 11.7. The van der Waals surface area contributed by atoms with Crippen LogP contribution in [0.25, 0.3) is 0 Å². The monoisotopic (exact) mass is 525 g/mol. The highest BCUT2D eigenvalue weighted by Crippen LogP contribution is 2.43. The van der Waals surface area contributed by atoms with Crippen molar-refractivity contribution in [3.63, 3.8) is 0 Å². The first-order chi connectivity index (χ1) is 16.8. The number of hydrogen-bond acceptors (Lipinski definition) is 8. The van der Waals surface area contributed by atoms with Crippen LogP contribution in [0, 0.1) is 0 Å². The van der Waals surface area contributed by atoms with Crippen molar-refractivity contribution >= 4 is 46.4 Å². The smallest absolute Gasteiger partial charge is 0.276 e. The molecule has 0 saturated heterocycles. The zero-order chi connectivity index (χ0) is 26.0. The minimum atomic E-state index is -1.51. The second-order valence-corrected chi connectivity index (χ2v) is 7.68. The number of ether oxygens (including phenoxy) is 4. The average molecular weight is 526 g/mol. The van der Waals surface area contributed by atoms with Crippen molar-refractivity contribution in [1.82, 2.24) is 0 Å². The highest BCUT2D eigenvalue weighted by molar-refractivity contribution is 6.39. The Bertz CT molecular complexity index is 1060. The van der Waals surface area contributed by atoms with Crippen LogP contribution in [0.3, 0.4) is 0 Å². The van der Waals surface area contributed by atoms with Crippen LogP contribution in [0.5, 0.6) is 23.0 Å². The van der Waals surface area contributed by atoms with Gasteiger partial charge in [0, 0.05) is 17.8 Å². The molecule has 35 heavy (non-hydrogen) atoms. The zero-order valence-electron chi connectivity index (χ0n) is 20.3. The van der Waals surface area contributed by atoms with Crippen LogP contribution < -0.4 is 23.4 Å². The number of benzene rings is 2. The molecule has 1 unspecified atom stereocenters. The number of Topliss-reactive ketones (excluding diaryl/α,β-unsaturated/α-hetero) is 1. The first-order valence-electron chi connectivity index (χ1n) is 11.2. The van der Waals surface area contributed by atoms with Crippen molar-refractivity contribution in [2.45, 2.75) is 40.7 Å². The van der Waals surface area contributed by atoms with E-state index in [1.54, 1.807) is 51.1 Å². The number of rotatable bonds is 13. The molecule has 2 rings (SSSR count). The summed E-state index contributed by atoms with van der Waals surface area (Å²) in [4.78, 5) is 25.5. The second-order valence-electron chi connectivity index (χ2n) is 6.93. The van der Waals surface area contributed by atoms with Gasteiger partial charge < -0.3 is 18.9 Å². The van der Waals surface area contributed by atoms with Gasteiger partial charge in [0.15, 0.2) is 17.3 Å². The summed E-state index contributed by atoms with van der Waals surface area (Å²) >= 11 is 12.6.